The maximum atomic E-state index is 12.1. The minimum Gasteiger partial charge on any atom is -0.462 e. The van der Waals surface area contributed by atoms with Crippen LogP contribution in [0, 0.1) is 17.2 Å². The fourth-order valence-corrected chi connectivity index (χ4v) is 1.89. The summed E-state index contributed by atoms with van der Waals surface area (Å²) in [5.74, 6) is -1.56. The van der Waals surface area contributed by atoms with Gasteiger partial charge in [0, 0.05) is 6.42 Å². The summed E-state index contributed by atoms with van der Waals surface area (Å²) in [6.45, 7) is 5.42. The molecule has 0 amide bonds. The summed E-state index contributed by atoms with van der Waals surface area (Å²) >= 11 is 0. The highest BCUT2D eigenvalue weighted by Gasteiger charge is 2.45. The van der Waals surface area contributed by atoms with Gasteiger partial charge in [0.25, 0.3) is 5.60 Å². The number of nitrogens with zero attached hydrogens (tertiary/aromatic N) is 1. The summed E-state index contributed by atoms with van der Waals surface area (Å²) in [4.78, 5) is 24.2. The third kappa shape index (κ3) is 4.32. The number of nitriles is 1. The van der Waals surface area contributed by atoms with Crippen LogP contribution in [0.5, 0.6) is 0 Å². The van der Waals surface area contributed by atoms with Gasteiger partial charge in [-0.05, 0) is 25.0 Å². The molecule has 5 nitrogen and oxygen atoms in total. The van der Waals surface area contributed by atoms with Crippen molar-refractivity contribution in [3.05, 3.63) is 35.9 Å². The molecule has 0 radical (unpaired) electrons. The zero-order valence-corrected chi connectivity index (χ0v) is 12.5. The molecule has 0 aliphatic rings. The van der Waals surface area contributed by atoms with E-state index in [-0.39, 0.29) is 24.5 Å². The molecule has 1 unspecified atom stereocenters. The molecule has 0 N–H and O–H groups in total. The highest BCUT2D eigenvalue weighted by molar-refractivity contribution is 5.93. The average Bonchev–Trinajstić information content (AvgIpc) is 2.47. The molecule has 1 rings (SSSR count). The van der Waals surface area contributed by atoms with Gasteiger partial charge in [-0.25, -0.2) is 9.59 Å². The van der Waals surface area contributed by atoms with E-state index in [1.165, 1.54) is 0 Å². The Morgan fingerprint density at radius 1 is 1.29 bits per heavy atom. The van der Waals surface area contributed by atoms with Crippen LogP contribution < -0.4 is 0 Å². The third-order valence-electron chi connectivity index (χ3n) is 2.76. The van der Waals surface area contributed by atoms with E-state index in [2.05, 4.69) is 0 Å². The van der Waals surface area contributed by atoms with Crippen LogP contribution in [0.2, 0.25) is 0 Å². The predicted molar refractivity (Wildman–Crippen MR) is 76.3 cm³/mol. The Morgan fingerprint density at radius 3 is 2.38 bits per heavy atom. The van der Waals surface area contributed by atoms with E-state index >= 15 is 0 Å². The van der Waals surface area contributed by atoms with Crippen molar-refractivity contribution in [3.63, 3.8) is 0 Å². The number of hydrogen-bond donors (Lipinski definition) is 0. The van der Waals surface area contributed by atoms with Gasteiger partial charge in [0.2, 0.25) is 0 Å². The normalized spacial score (nSPS) is 13.1. The number of carbonyl (C=O) groups is 2. The Kier molecular flexibility index (Phi) is 5.92. The van der Waals surface area contributed by atoms with Crippen molar-refractivity contribution in [3.8, 4) is 6.07 Å². The van der Waals surface area contributed by atoms with E-state index in [9.17, 15) is 14.9 Å². The lowest BCUT2D eigenvalue weighted by Gasteiger charge is -2.26. The summed E-state index contributed by atoms with van der Waals surface area (Å²) in [6.07, 6.45) is 0.0842. The standard InChI is InChI=1S/C16H19NO4/c1-4-20-15(19)16(11-17,10-12(2)3)21-14(18)13-8-6-5-7-9-13/h5-9,12H,4,10H2,1-3H3. The maximum Gasteiger partial charge on any atom is 0.365 e. The lowest BCUT2D eigenvalue weighted by atomic mass is 9.93. The topological polar surface area (TPSA) is 76.4 Å². The lowest BCUT2D eigenvalue weighted by Crippen LogP contribution is -2.44. The summed E-state index contributed by atoms with van der Waals surface area (Å²) in [6, 6.07) is 10.0. The van der Waals surface area contributed by atoms with E-state index in [1.807, 2.05) is 19.9 Å². The van der Waals surface area contributed by atoms with E-state index in [0.717, 1.165) is 0 Å². The summed E-state index contributed by atoms with van der Waals surface area (Å²) in [5, 5.41) is 9.39. The molecule has 0 spiro atoms. The summed E-state index contributed by atoms with van der Waals surface area (Å²) in [7, 11) is 0. The van der Waals surface area contributed by atoms with Crippen LogP contribution in [0.4, 0.5) is 0 Å². The van der Waals surface area contributed by atoms with Crippen LogP contribution in [-0.2, 0) is 14.3 Å². The molecular weight excluding hydrogens is 270 g/mol. The van der Waals surface area contributed by atoms with Gasteiger partial charge in [-0.15, -0.1) is 0 Å². The SMILES string of the molecule is CCOC(=O)C(C#N)(CC(C)C)OC(=O)c1ccccc1. The summed E-state index contributed by atoms with van der Waals surface area (Å²) in [5.41, 5.74) is -1.62. The summed E-state index contributed by atoms with van der Waals surface area (Å²) < 4.78 is 10.1. The van der Waals surface area contributed by atoms with Gasteiger partial charge >= 0.3 is 11.9 Å². The smallest absolute Gasteiger partial charge is 0.365 e. The van der Waals surface area contributed by atoms with Crippen molar-refractivity contribution in [1.82, 2.24) is 0 Å². The zero-order chi connectivity index (χ0) is 15.9. The maximum absolute atomic E-state index is 12.1. The molecule has 5 heteroatoms. The number of hydrogen-bond acceptors (Lipinski definition) is 5. The largest absolute Gasteiger partial charge is 0.462 e. The molecule has 1 aromatic rings. The third-order valence-corrected chi connectivity index (χ3v) is 2.76. The van der Waals surface area contributed by atoms with Gasteiger partial charge in [0.15, 0.2) is 0 Å². The van der Waals surface area contributed by atoms with Gasteiger partial charge in [-0.3, -0.25) is 0 Å². The quantitative estimate of drug-likeness (QED) is 0.752. The highest BCUT2D eigenvalue weighted by atomic mass is 16.6. The van der Waals surface area contributed by atoms with Crippen molar-refractivity contribution in [1.29, 1.82) is 5.26 Å². The first kappa shape index (κ1) is 16.7. The lowest BCUT2D eigenvalue weighted by molar-refractivity contribution is -0.161. The molecule has 1 aromatic carbocycles. The Morgan fingerprint density at radius 2 is 1.90 bits per heavy atom. The molecule has 0 fully saturated rings. The molecule has 0 bridgehead atoms. The van der Waals surface area contributed by atoms with Crippen LogP contribution in [0.25, 0.3) is 0 Å². The molecule has 0 saturated heterocycles. The highest BCUT2D eigenvalue weighted by Crippen LogP contribution is 2.24. The predicted octanol–water partition coefficient (Wildman–Crippen LogP) is 2.71. The van der Waals surface area contributed by atoms with Crippen LogP contribution >= 0.6 is 0 Å². The van der Waals surface area contributed by atoms with Crippen molar-refractivity contribution >= 4 is 11.9 Å². The first-order chi connectivity index (χ1) is 9.95. The molecule has 0 aromatic heterocycles. The Balaban J connectivity index is 3.04. The zero-order valence-electron chi connectivity index (χ0n) is 12.5. The monoisotopic (exact) mass is 289 g/mol. The molecule has 1 atom stereocenters. The Labute approximate surface area is 124 Å². The molecule has 21 heavy (non-hydrogen) atoms. The second kappa shape index (κ2) is 7.44. The van der Waals surface area contributed by atoms with Gasteiger partial charge in [-0.2, -0.15) is 5.26 Å². The van der Waals surface area contributed by atoms with Crippen LogP contribution in [0.15, 0.2) is 30.3 Å². The fourth-order valence-electron chi connectivity index (χ4n) is 1.89. The Hall–Kier alpha value is -2.35. The molecule has 0 aliphatic carbocycles. The fraction of sp³-hybridized carbons (Fsp3) is 0.438. The van der Waals surface area contributed by atoms with E-state index in [1.54, 1.807) is 37.3 Å². The Bertz CT molecular complexity index is 533. The van der Waals surface area contributed by atoms with Gasteiger partial charge in [0.05, 0.1) is 12.2 Å². The van der Waals surface area contributed by atoms with Crippen molar-refractivity contribution < 1.29 is 19.1 Å². The molecule has 0 aliphatic heterocycles. The molecule has 0 heterocycles. The molecule has 0 saturated carbocycles. The second-order valence-corrected chi connectivity index (χ2v) is 5.01. The van der Waals surface area contributed by atoms with Crippen LogP contribution in [-0.4, -0.2) is 24.1 Å². The van der Waals surface area contributed by atoms with E-state index < -0.39 is 17.5 Å². The number of benzene rings is 1. The van der Waals surface area contributed by atoms with Crippen molar-refractivity contribution in [2.75, 3.05) is 6.61 Å². The first-order valence-electron chi connectivity index (χ1n) is 6.82. The van der Waals surface area contributed by atoms with Gasteiger partial charge in [0.1, 0.15) is 6.07 Å². The average molecular weight is 289 g/mol. The molecule has 112 valence electrons. The number of esters is 2. The molecular formula is C16H19NO4. The minimum absolute atomic E-state index is 0.0161. The van der Waals surface area contributed by atoms with Gasteiger partial charge < -0.3 is 9.47 Å². The van der Waals surface area contributed by atoms with Gasteiger partial charge in [-0.1, -0.05) is 32.0 Å². The van der Waals surface area contributed by atoms with Crippen molar-refractivity contribution in [2.45, 2.75) is 32.8 Å². The van der Waals surface area contributed by atoms with Crippen molar-refractivity contribution in [2.24, 2.45) is 5.92 Å². The number of ether oxygens (including phenoxy) is 2. The van der Waals surface area contributed by atoms with Crippen LogP contribution in [0.3, 0.4) is 0 Å². The first-order valence-corrected chi connectivity index (χ1v) is 6.82. The number of rotatable bonds is 6. The van der Waals surface area contributed by atoms with E-state index in [4.69, 9.17) is 9.47 Å². The minimum atomic E-state index is -1.91. The number of carbonyl (C=O) groups excluding carboxylic acids is 2. The van der Waals surface area contributed by atoms with E-state index in [0.29, 0.717) is 0 Å². The van der Waals surface area contributed by atoms with Crippen LogP contribution in [0.1, 0.15) is 37.6 Å². The second-order valence-electron chi connectivity index (χ2n) is 5.01.